The molecule has 0 aromatic rings. The molecule has 0 aromatic carbocycles. The molecular formula is C7H14O4. The Balaban J connectivity index is 2.48. The summed E-state index contributed by atoms with van der Waals surface area (Å²) >= 11 is 0. The molecule has 0 aliphatic carbocycles. The second kappa shape index (κ2) is 3.49. The van der Waals surface area contributed by atoms with Crippen molar-refractivity contribution in [2.24, 2.45) is 0 Å². The monoisotopic (exact) mass is 162 g/mol. The highest BCUT2D eigenvalue weighted by molar-refractivity contribution is 4.81. The average molecular weight is 162 g/mol. The Morgan fingerprint density at radius 3 is 2.55 bits per heavy atom. The van der Waals surface area contributed by atoms with E-state index in [1.54, 1.807) is 6.92 Å². The van der Waals surface area contributed by atoms with Crippen LogP contribution in [0.5, 0.6) is 0 Å². The number of ether oxygens (including phenoxy) is 1. The Hall–Kier alpha value is -0.160. The first kappa shape index (κ1) is 8.93. The summed E-state index contributed by atoms with van der Waals surface area (Å²) in [6.07, 6.45) is -1.91. The van der Waals surface area contributed by atoms with E-state index in [1.807, 2.05) is 0 Å². The number of aliphatic hydroxyl groups is 3. The molecular weight excluding hydrogens is 148 g/mol. The standard InChI is InChI=1S/C7H14O4/c1-4-5(9)2-6(10)7(3-8)11-4/h4-10H,2-3H2,1H3/t4?,5?,6-,7?/m0/s1. The van der Waals surface area contributed by atoms with Crippen molar-refractivity contribution in [2.75, 3.05) is 6.61 Å². The lowest BCUT2D eigenvalue weighted by molar-refractivity contribution is -0.173. The van der Waals surface area contributed by atoms with Gasteiger partial charge in [0.2, 0.25) is 0 Å². The van der Waals surface area contributed by atoms with Crippen LogP contribution in [0.2, 0.25) is 0 Å². The highest BCUT2D eigenvalue weighted by atomic mass is 16.5. The zero-order chi connectivity index (χ0) is 8.43. The molecule has 1 rings (SSSR count). The van der Waals surface area contributed by atoms with Gasteiger partial charge in [-0.25, -0.2) is 0 Å². The van der Waals surface area contributed by atoms with Gasteiger partial charge in [-0.2, -0.15) is 0 Å². The highest BCUT2D eigenvalue weighted by Gasteiger charge is 2.32. The van der Waals surface area contributed by atoms with Gasteiger partial charge in [-0.05, 0) is 6.92 Å². The Labute approximate surface area is 65.4 Å². The van der Waals surface area contributed by atoms with E-state index in [1.165, 1.54) is 0 Å². The maximum Gasteiger partial charge on any atom is 0.107 e. The van der Waals surface area contributed by atoms with Gasteiger partial charge in [-0.3, -0.25) is 0 Å². The minimum atomic E-state index is -0.744. The molecule has 1 saturated heterocycles. The summed E-state index contributed by atoms with van der Waals surface area (Å²) in [6.45, 7) is 1.53. The van der Waals surface area contributed by atoms with Crippen LogP contribution in [0.3, 0.4) is 0 Å². The van der Waals surface area contributed by atoms with E-state index in [9.17, 15) is 10.2 Å². The second-order valence-corrected chi connectivity index (χ2v) is 2.93. The van der Waals surface area contributed by atoms with Gasteiger partial charge in [0.15, 0.2) is 0 Å². The van der Waals surface area contributed by atoms with Gasteiger partial charge in [0, 0.05) is 6.42 Å². The largest absolute Gasteiger partial charge is 0.394 e. The summed E-state index contributed by atoms with van der Waals surface area (Å²) in [4.78, 5) is 0. The normalized spacial score (nSPS) is 45.8. The number of rotatable bonds is 1. The molecule has 3 unspecified atom stereocenters. The van der Waals surface area contributed by atoms with Crippen molar-refractivity contribution in [2.45, 2.75) is 37.8 Å². The lowest BCUT2D eigenvalue weighted by atomic mass is 10.00. The van der Waals surface area contributed by atoms with Gasteiger partial charge in [0.05, 0.1) is 24.9 Å². The Kier molecular flexibility index (Phi) is 2.84. The lowest BCUT2D eigenvalue weighted by Gasteiger charge is -2.34. The lowest BCUT2D eigenvalue weighted by Crippen LogP contribution is -2.47. The van der Waals surface area contributed by atoms with Crippen LogP contribution in [0.1, 0.15) is 13.3 Å². The summed E-state index contributed by atoms with van der Waals surface area (Å²) in [5, 5.41) is 27.1. The van der Waals surface area contributed by atoms with Gasteiger partial charge in [0.25, 0.3) is 0 Å². The molecule has 0 radical (unpaired) electrons. The van der Waals surface area contributed by atoms with Crippen LogP contribution in [-0.2, 0) is 4.74 Å². The van der Waals surface area contributed by atoms with Crippen LogP contribution >= 0.6 is 0 Å². The summed E-state index contributed by atoms with van der Waals surface area (Å²) in [6, 6.07) is 0. The number of aliphatic hydroxyl groups excluding tert-OH is 3. The van der Waals surface area contributed by atoms with Crippen molar-refractivity contribution in [3.8, 4) is 0 Å². The van der Waals surface area contributed by atoms with Crippen LogP contribution < -0.4 is 0 Å². The Bertz CT molecular complexity index is 128. The number of hydrogen-bond acceptors (Lipinski definition) is 4. The van der Waals surface area contributed by atoms with Gasteiger partial charge in [0.1, 0.15) is 6.10 Å². The number of hydrogen-bond donors (Lipinski definition) is 3. The molecule has 0 saturated carbocycles. The van der Waals surface area contributed by atoms with E-state index in [4.69, 9.17) is 9.84 Å². The summed E-state index contributed by atoms with van der Waals surface area (Å²) in [5.74, 6) is 0. The maximum absolute atomic E-state index is 9.21. The summed E-state index contributed by atoms with van der Waals surface area (Å²) < 4.78 is 5.11. The fraction of sp³-hybridized carbons (Fsp3) is 1.00. The molecule has 1 fully saturated rings. The van der Waals surface area contributed by atoms with E-state index in [2.05, 4.69) is 0 Å². The van der Waals surface area contributed by atoms with Gasteiger partial charge >= 0.3 is 0 Å². The minimum Gasteiger partial charge on any atom is -0.394 e. The SMILES string of the molecule is CC1OC(CO)[C@@H](O)CC1O. The zero-order valence-electron chi connectivity index (χ0n) is 6.47. The van der Waals surface area contributed by atoms with E-state index in [0.717, 1.165) is 0 Å². The topological polar surface area (TPSA) is 69.9 Å². The molecule has 0 spiro atoms. The first-order valence-electron chi connectivity index (χ1n) is 3.77. The van der Waals surface area contributed by atoms with E-state index < -0.39 is 18.3 Å². The molecule has 4 nitrogen and oxygen atoms in total. The Morgan fingerprint density at radius 2 is 2.00 bits per heavy atom. The highest BCUT2D eigenvalue weighted by Crippen LogP contribution is 2.19. The first-order chi connectivity index (χ1) is 5.15. The Morgan fingerprint density at radius 1 is 1.36 bits per heavy atom. The van der Waals surface area contributed by atoms with Gasteiger partial charge in [-0.15, -0.1) is 0 Å². The molecule has 4 atom stereocenters. The molecule has 0 amide bonds. The zero-order valence-corrected chi connectivity index (χ0v) is 6.47. The van der Waals surface area contributed by atoms with Crippen LogP contribution in [0.15, 0.2) is 0 Å². The van der Waals surface area contributed by atoms with Crippen molar-refractivity contribution in [3.05, 3.63) is 0 Å². The van der Waals surface area contributed by atoms with Crippen LogP contribution in [0.4, 0.5) is 0 Å². The second-order valence-electron chi connectivity index (χ2n) is 2.93. The van der Waals surface area contributed by atoms with Crippen molar-refractivity contribution >= 4 is 0 Å². The molecule has 1 aliphatic heterocycles. The van der Waals surface area contributed by atoms with E-state index in [0.29, 0.717) is 0 Å². The molecule has 11 heavy (non-hydrogen) atoms. The maximum atomic E-state index is 9.21. The summed E-state index contributed by atoms with van der Waals surface area (Å²) in [7, 11) is 0. The van der Waals surface area contributed by atoms with Crippen LogP contribution in [-0.4, -0.2) is 46.3 Å². The van der Waals surface area contributed by atoms with Crippen molar-refractivity contribution in [3.63, 3.8) is 0 Å². The quantitative estimate of drug-likeness (QED) is 0.456. The smallest absolute Gasteiger partial charge is 0.107 e. The van der Waals surface area contributed by atoms with E-state index in [-0.39, 0.29) is 19.1 Å². The molecule has 1 heterocycles. The third kappa shape index (κ3) is 1.90. The van der Waals surface area contributed by atoms with Crippen molar-refractivity contribution in [1.82, 2.24) is 0 Å². The molecule has 0 aromatic heterocycles. The van der Waals surface area contributed by atoms with Gasteiger partial charge < -0.3 is 20.1 Å². The molecule has 66 valence electrons. The van der Waals surface area contributed by atoms with Crippen LogP contribution in [0.25, 0.3) is 0 Å². The third-order valence-electron chi connectivity index (χ3n) is 2.02. The fourth-order valence-corrected chi connectivity index (χ4v) is 1.21. The predicted octanol–water partition coefficient (Wildman–Crippen LogP) is -1.12. The fourth-order valence-electron chi connectivity index (χ4n) is 1.21. The average Bonchev–Trinajstić information content (AvgIpc) is 1.97. The predicted molar refractivity (Wildman–Crippen MR) is 38.1 cm³/mol. The van der Waals surface area contributed by atoms with Gasteiger partial charge in [-0.1, -0.05) is 0 Å². The van der Waals surface area contributed by atoms with Crippen molar-refractivity contribution < 1.29 is 20.1 Å². The van der Waals surface area contributed by atoms with Crippen LogP contribution in [0, 0.1) is 0 Å². The molecule has 0 bridgehead atoms. The third-order valence-corrected chi connectivity index (χ3v) is 2.02. The minimum absolute atomic E-state index is 0.196. The molecule has 1 aliphatic rings. The first-order valence-corrected chi connectivity index (χ1v) is 3.77. The molecule has 3 N–H and O–H groups in total. The van der Waals surface area contributed by atoms with E-state index >= 15 is 0 Å². The van der Waals surface area contributed by atoms with Crippen molar-refractivity contribution in [1.29, 1.82) is 0 Å². The molecule has 4 heteroatoms. The summed E-state index contributed by atoms with van der Waals surface area (Å²) in [5.41, 5.74) is 0.